The molecule has 1 saturated carbocycles. The van der Waals surface area contributed by atoms with Gasteiger partial charge in [0.15, 0.2) is 6.04 Å². The smallest absolute Gasteiger partial charge is 0.282 e. The molecule has 1 amide bonds. The van der Waals surface area contributed by atoms with Crippen molar-refractivity contribution in [2.45, 2.75) is 51.6 Å². The summed E-state index contributed by atoms with van der Waals surface area (Å²) >= 11 is 0. The molecule has 3 atom stereocenters. The van der Waals surface area contributed by atoms with Crippen LogP contribution in [0.2, 0.25) is 0 Å². The molecule has 0 spiro atoms. The summed E-state index contributed by atoms with van der Waals surface area (Å²) in [5, 5.41) is 7.68. The van der Waals surface area contributed by atoms with Crippen molar-refractivity contribution >= 4 is 22.4 Å². The van der Waals surface area contributed by atoms with Crippen molar-refractivity contribution in [3.8, 4) is 0 Å². The Hall–Kier alpha value is -1.87. The number of amides is 1. The lowest BCUT2D eigenvalue weighted by molar-refractivity contribution is -0.714. The van der Waals surface area contributed by atoms with E-state index in [1.165, 1.54) is 31.1 Å². The van der Waals surface area contributed by atoms with E-state index in [1.54, 1.807) is 0 Å². The zero-order chi connectivity index (χ0) is 16.2. The van der Waals surface area contributed by atoms with E-state index in [9.17, 15) is 4.79 Å². The Morgan fingerprint density at radius 1 is 1.13 bits per heavy atom. The van der Waals surface area contributed by atoms with E-state index in [-0.39, 0.29) is 11.9 Å². The summed E-state index contributed by atoms with van der Waals surface area (Å²) < 4.78 is 0. The van der Waals surface area contributed by atoms with Crippen LogP contribution in [-0.4, -0.2) is 18.0 Å². The molecule has 0 unspecified atom stereocenters. The molecule has 3 heteroatoms. The molecule has 0 saturated heterocycles. The Kier molecular flexibility index (Phi) is 4.97. The molecule has 2 aromatic rings. The standard InChI is InChI=1S/C20H26N2O/c1-14-7-3-6-10-19(14)21-15(2)20(23)22-18-12-11-16-8-4-5-9-17(16)13-18/h4-5,8-9,11-15,19,21H,3,6-7,10H2,1-2H3,(H,22,23)/p+1/t14-,15-,19-/m0/s1. The van der Waals surface area contributed by atoms with Crippen molar-refractivity contribution < 1.29 is 10.1 Å². The van der Waals surface area contributed by atoms with E-state index in [1.807, 2.05) is 31.2 Å². The quantitative estimate of drug-likeness (QED) is 0.894. The van der Waals surface area contributed by atoms with Gasteiger partial charge in [0.25, 0.3) is 5.91 Å². The molecule has 3 rings (SSSR count). The maximum absolute atomic E-state index is 12.5. The summed E-state index contributed by atoms with van der Waals surface area (Å²) in [7, 11) is 0. The number of nitrogens with one attached hydrogen (secondary N) is 1. The molecule has 3 N–H and O–H groups in total. The average molecular weight is 311 g/mol. The fourth-order valence-electron chi connectivity index (χ4n) is 3.61. The van der Waals surface area contributed by atoms with Gasteiger partial charge in [0.1, 0.15) is 0 Å². The lowest BCUT2D eigenvalue weighted by Gasteiger charge is -2.28. The van der Waals surface area contributed by atoms with Crippen LogP contribution >= 0.6 is 0 Å². The Morgan fingerprint density at radius 3 is 2.65 bits per heavy atom. The van der Waals surface area contributed by atoms with Crippen molar-refractivity contribution in [1.29, 1.82) is 0 Å². The van der Waals surface area contributed by atoms with Crippen LogP contribution in [0.3, 0.4) is 0 Å². The topological polar surface area (TPSA) is 45.7 Å². The van der Waals surface area contributed by atoms with Gasteiger partial charge in [-0.25, -0.2) is 0 Å². The van der Waals surface area contributed by atoms with Crippen LogP contribution in [0.5, 0.6) is 0 Å². The fraction of sp³-hybridized carbons (Fsp3) is 0.450. The SMILES string of the molecule is C[C@H]([NH2+][C@H]1CCCC[C@@H]1C)C(=O)Nc1ccc2ccccc2c1. The first-order chi connectivity index (χ1) is 11.1. The molecular formula is C20H27N2O+. The Labute approximate surface area is 138 Å². The van der Waals surface area contributed by atoms with E-state index in [4.69, 9.17) is 0 Å². The highest BCUT2D eigenvalue weighted by Crippen LogP contribution is 2.21. The molecule has 1 aliphatic rings. The normalized spacial score (nSPS) is 22.7. The lowest BCUT2D eigenvalue weighted by Crippen LogP contribution is -2.97. The lowest BCUT2D eigenvalue weighted by atomic mass is 9.85. The van der Waals surface area contributed by atoms with E-state index >= 15 is 0 Å². The number of fused-ring (bicyclic) bond motifs is 1. The van der Waals surface area contributed by atoms with Crippen LogP contribution in [-0.2, 0) is 4.79 Å². The summed E-state index contributed by atoms with van der Waals surface area (Å²) in [6, 6.07) is 14.8. The number of carbonyl (C=O) groups is 1. The number of quaternary nitrogens is 1. The fourth-order valence-corrected chi connectivity index (χ4v) is 3.61. The first-order valence-electron chi connectivity index (χ1n) is 8.78. The molecule has 0 radical (unpaired) electrons. The van der Waals surface area contributed by atoms with Crippen LogP contribution in [0.4, 0.5) is 5.69 Å². The van der Waals surface area contributed by atoms with E-state index in [0.29, 0.717) is 12.0 Å². The number of rotatable bonds is 4. The average Bonchev–Trinajstić information content (AvgIpc) is 2.56. The minimum absolute atomic E-state index is 0.0491. The monoisotopic (exact) mass is 311 g/mol. The van der Waals surface area contributed by atoms with Gasteiger partial charge >= 0.3 is 0 Å². The highest BCUT2D eigenvalue weighted by molar-refractivity contribution is 5.96. The first kappa shape index (κ1) is 16.0. The molecule has 0 aliphatic heterocycles. The van der Waals surface area contributed by atoms with Crippen LogP contribution in [0.25, 0.3) is 10.8 Å². The second kappa shape index (κ2) is 7.14. The molecule has 0 aromatic heterocycles. The second-order valence-electron chi connectivity index (χ2n) is 6.96. The van der Waals surface area contributed by atoms with Gasteiger partial charge in [-0.2, -0.15) is 0 Å². The van der Waals surface area contributed by atoms with Crippen molar-refractivity contribution in [3.05, 3.63) is 42.5 Å². The van der Waals surface area contributed by atoms with Gasteiger partial charge in [0.05, 0.1) is 6.04 Å². The molecule has 1 aliphatic carbocycles. The Morgan fingerprint density at radius 2 is 1.87 bits per heavy atom. The van der Waals surface area contributed by atoms with E-state index < -0.39 is 0 Å². The van der Waals surface area contributed by atoms with E-state index in [2.05, 4.69) is 35.8 Å². The van der Waals surface area contributed by atoms with Gasteiger partial charge in [-0.15, -0.1) is 0 Å². The zero-order valence-corrected chi connectivity index (χ0v) is 14.1. The minimum atomic E-state index is -0.0491. The number of nitrogens with two attached hydrogens (primary N) is 1. The van der Waals surface area contributed by atoms with Crippen LogP contribution < -0.4 is 10.6 Å². The van der Waals surface area contributed by atoms with Crippen LogP contribution in [0.1, 0.15) is 39.5 Å². The predicted molar refractivity (Wildman–Crippen MR) is 95.4 cm³/mol. The molecule has 3 nitrogen and oxygen atoms in total. The van der Waals surface area contributed by atoms with Crippen molar-refractivity contribution in [1.82, 2.24) is 0 Å². The molecule has 122 valence electrons. The third-order valence-electron chi connectivity index (χ3n) is 5.14. The highest BCUT2D eigenvalue weighted by Gasteiger charge is 2.28. The largest absolute Gasteiger partial charge is 0.334 e. The van der Waals surface area contributed by atoms with Crippen molar-refractivity contribution in [3.63, 3.8) is 0 Å². The molecule has 0 bridgehead atoms. The molecule has 0 heterocycles. The van der Waals surface area contributed by atoms with Crippen LogP contribution in [0, 0.1) is 5.92 Å². The summed E-state index contributed by atoms with van der Waals surface area (Å²) in [6.07, 6.45) is 5.16. The third-order valence-corrected chi connectivity index (χ3v) is 5.14. The minimum Gasteiger partial charge on any atom is -0.334 e. The number of hydrogen-bond donors (Lipinski definition) is 2. The van der Waals surface area contributed by atoms with E-state index in [0.717, 1.165) is 11.1 Å². The zero-order valence-electron chi connectivity index (χ0n) is 14.1. The van der Waals surface area contributed by atoms with Crippen molar-refractivity contribution in [2.24, 2.45) is 5.92 Å². The van der Waals surface area contributed by atoms with Gasteiger partial charge in [-0.3, -0.25) is 4.79 Å². The Balaban J connectivity index is 1.62. The number of anilines is 1. The maximum atomic E-state index is 12.5. The van der Waals surface area contributed by atoms with Gasteiger partial charge in [-0.1, -0.05) is 43.7 Å². The predicted octanol–water partition coefficient (Wildman–Crippen LogP) is 3.31. The summed E-state index contributed by atoms with van der Waals surface area (Å²) in [5.41, 5.74) is 0.880. The number of benzene rings is 2. The maximum Gasteiger partial charge on any atom is 0.282 e. The summed E-state index contributed by atoms with van der Waals surface area (Å²) in [4.78, 5) is 12.5. The van der Waals surface area contributed by atoms with Gasteiger partial charge in [-0.05, 0) is 49.1 Å². The first-order valence-corrected chi connectivity index (χ1v) is 8.78. The molecular weight excluding hydrogens is 284 g/mol. The number of carbonyl (C=O) groups excluding carboxylic acids is 1. The van der Waals surface area contributed by atoms with Crippen molar-refractivity contribution in [2.75, 3.05) is 5.32 Å². The van der Waals surface area contributed by atoms with Gasteiger partial charge in [0, 0.05) is 11.6 Å². The highest BCUT2D eigenvalue weighted by atomic mass is 16.2. The number of hydrogen-bond acceptors (Lipinski definition) is 1. The van der Waals surface area contributed by atoms with Gasteiger partial charge in [0.2, 0.25) is 0 Å². The summed E-state index contributed by atoms with van der Waals surface area (Å²) in [5.74, 6) is 0.803. The van der Waals surface area contributed by atoms with Crippen LogP contribution in [0.15, 0.2) is 42.5 Å². The molecule has 1 fully saturated rings. The Bertz CT molecular complexity index is 682. The molecule has 2 aromatic carbocycles. The molecule has 23 heavy (non-hydrogen) atoms. The summed E-state index contributed by atoms with van der Waals surface area (Å²) in [6.45, 7) is 4.33. The second-order valence-corrected chi connectivity index (χ2v) is 6.96. The van der Waals surface area contributed by atoms with Gasteiger partial charge < -0.3 is 10.6 Å². The third kappa shape index (κ3) is 3.91.